The zero-order valence-electron chi connectivity index (χ0n) is 12.4. The zero-order chi connectivity index (χ0) is 13.9. The molecule has 0 amide bonds. The lowest BCUT2D eigenvalue weighted by Gasteiger charge is -2.22. The van der Waals surface area contributed by atoms with Crippen molar-refractivity contribution in [2.75, 3.05) is 13.1 Å². The van der Waals surface area contributed by atoms with E-state index in [1.807, 2.05) is 0 Å². The largest absolute Gasteiger partial charge is 0.491 e. The fourth-order valence-electron chi connectivity index (χ4n) is 2.99. The predicted molar refractivity (Wildman–Crippen MR) is 83.3 cm³/mol. The van der Waals surface area contributed by atoms with Gasteiger partial charge in [-0.1, -0.05) is 0 Å². The number of nitrogens with one attached hydrogen (secondary N) is 1. The molecular weight excluding hydrogens is 248 g/mol. The van der Waals surface area contributed by atoms with Crippen LogP contribution >= 0.6 is 0 Å². The highest BCUT2D eigenvalue weighted by molar-refractivity contribution is 5.83. The van der Waals surface area contributed by atoms with Crippen molar-refractivity contribution in [2.24, 2.45) is 5.92 Å². The number of ether oxygens (including phenoxy) is 1. The Morgan fingerprint density at radius 2 is 1.95 bits per heavy atom. The Morgan fingerprint density at radius 3 is 2.70 bits per heavy atom. The van der Waals surface area contributed by atoms with E-state index < -0.39 is 0 Å². The third-order valence-electron chi connectivity index (χ3n) is 3.97. The first kappa shape index (κ1) is 13.5. The van der Waals surface area contributed by atoms with E-state index in [2.05, 4.69) is 54.3 Å². The molecule has 0 atom stereocenters. The molecule has 1 aliphatic heterocycles. The summed E-state index contributed by atoms with van der Waals surface area (Å²) < 4.78 is 8.11. The number of hydrogen-bond acceptors (Lipinski definition) is 2. The van der Waals surface area contributed by atoms with Gasteiger partial charge in [0.05, 0.1) is 6.10 Å². The van der Waals surface area contributed by atoms with Gasteiger partial charge >= 0.3 is 0 Å². The molecule has 0 radical (unpaired) electrons. The first-order valence-corrected chi connectivity index (χ1v) is 7.67. The quantitative estimate of drug-likeness (QED) is 0.923. The number of piperidine rings is 1. The zero-order valence-corrected chi connectivity index (χ0v) is 12.4. The van der Waals surface area contributed by atoms with Crippen molar-refractivity contribution < 1.29 is 4.74 Å². The number of rotatable bonds is 4. The lowest BCUT2D eigenvalue weighted by molar-refractivity contribution is 0.243. The first-order chi connectivity index (χ1) is 9.70. The highest BCUT2D eigenvalue weighted by atomic mass is 16.5. The number of fused-ring (bicyclic) bond motifs is 1. The van der Waals surface area contributed by atoms with Crippen LogP contribution in [0.2, 0.25) is 0 Å². The van der Waals surface area contributed by atoms with Crippen LogP contribution in [0, 0.1) is 5.92 Å². The maximum absolute atomic E-state index is 5.76. The maximum atomic E-state index is 5.76. The summed E-state index contributed by atoms with van der Waals surface area (Å²) in [5.41, 5.74) is 0. The van der Waals surface area contributed by atoms with E-state index >= 15 is 0 Å². The van der Waals surface area contributed by atoms with E-state index in [0.29, 0.717) is 0 Å². The van der Waals surface area contributed by atoms with Crippen LogP contribution in [-0.4, -0.2) is 23.8 Å². The fourth-order valence-corrected chi connectivity index (χ4v) is 2.99. The van der Waals surface area contributed by atoms with Crippen molar-refractivity contribution in [1.29, 1.82) is 0 Å². The van der Waals surface area contributed by atoms with E-state index in [1.165, 1.54) is 23.6 Å². The minimum Gasteiger partial charge on any atom is -0.491 e. The molecule has 1 N–H and O–H groups in total. The highest BCUT2D eigenvalue weighted by Gasteiger charge is 2.13. The Bertz CT molecular complexity index is 567. The number of hydrogen-bond donors (Lipinski definition) is 1. The summed E-state index contributed by atoms with van der Waals surface area (Å²) >= 11 is 0. The van der Waals surface area contributed by atoms with Crippen LogP contribution in [0.25, 0.3) is 10.8 Å². The van der Waals surface area contributed by atoms with E-state index in [0.717, 1.165) is 31.3 Å². The monoisotopic (exact) mass is 272 g/mol. The van der Waals surface area contributed by atoms with Gasteiger partial charge < -0.3 is 14.6 Å². The van der Waals surface area contributed by atoms with Crippen LogP contribution in [0.15, 0.2) is 30.6 Å². The average Bonchev–Trinajstić information content (AvgIpc) is 2.80. The minimum absolute atomic E-state index is 0.226. The second-order valence-corrected chi connectivity index (χ2v) is 6.11. The summed E-state index contributed by atoms with van der Waals surface area (Å²) in [5.74, 6) is 1.77. The molecule has 0 spiro atoms. The van der Waals surface area contributed by atoms with E-state index in [4.69, 9.17) is 4.74 Å². The molecule has 1 aromatic carbocycles. The Balaban J connectivity index is 1.75. The standard InChI is InChI=1S/C17H24N2O/c1-13(2)20-17-4-3-15-11-19(12-16(15)9-17)10-14-5-7-18-8-6-14/h3-4,9,11-14,18H,5-8,10H2,1-2H3. The second-order valence-electron chi connectivity index (χ2n) is 6.11. The summed E-state index contributed by atoms with van der Waals surface area (Å²) in [5, 5.41) is 6.00. The van der Waals surface area contributed by atoms with E-state index in [1.54, 1.807) is 0 Å². The molecule has 108 valence electrons. The lowest BCUT2D eigenvalue weighted by Crippen LogP contribution is -2.29. The van der Waals surface area contributed by atoms with Crippen molar-refractivity contribution in [3.63, 3.8) is 0 Å². The number of benzene rings is 1. The Kier molecular flexibility index (Phi) is 3.97. The molecule has 2 heterocycles. The van der Waals surface area contributed by atoms with Gasteiger partial charge in [0.15, 0.2) is 0 Å². The van der Waals surface area contributed by atoms with E-state index in [9.17, 15) is 0 Å². The normalized spacial score (nSPS) is 16.9. The predicted octanol–water partition coefficient (Wildman–Crippen LogP) is 3.43. The second kappa shape index (κ2) is 5.88. The molecule has 20 heavy (non-hydrogen) atoms. The topological polar surface area (TPSA) is 26.2 Å². The molecule has 3 heteroatoms. The molecular formula is C17H24N2O. The van der Waals surface area contributed by atoms with Gasteiger partial charge in [-0.15, -0.1) is 0 Å². The summed E-state index contributed by atoms with van der Waals surface area (Å²) in [4.78, 5) is 0. The molecule has 2 aromatic rings. The molecule has 1 aromatic heterocycles. The van der Waals surface area contributed by atoms with Crippen LogP contribution in [0.5, 0.6) is 5.75 Å². The number of aromatic nitrogens is 1. The van der Waals surface area contributed by atoms with Gasteiger partial charge in [0, 0.05) is 24.3 Å². The Hall–Kier alpha value is -1.48. The first-order valence-electron chi connectivity index (χ1n) is 7.67. The van der Waals surface area contributed by atoms with Crippen molar-refractivity contribution in [3.05, 3.63) is 30.6 Å². The maximum Gasteiger partial charge on any atom is 0.120 e. The van der Waals surface area contributed by atoms with Crippen LogP contribution in [0.1, 0.15) is 26.7 Å². The van der Waals surface area contributed by atoms with Crippen LogP contribution in [0.3, 0.4) is 0 Å². The minimum atomic E-state index is 0.226. The average molecular weight is 272 g/mol. The fraction of sp³-hybridized carbons (Fsp3) is 0.529. The van der Waals surface area contributed by atoms with E-state index in [-0.39, 0.29) is 6.10 Å². The molecule has 0 bridgehead atoms. The third-order valence-corrected chi connectivity index (χ3v) is 3.97. The summed E-state index contributed by atoms with van der Waals surface area (Å²) in [6, 6.07) is 6.37. The molecule has 0 aliphatic carbocycles. The molecule has 3 nitrogen and oxygen atoms in total. The van der Waals surface area contributed by atoms with Crippen molar-refractivity contribution in [2.45, 2.75) is 39.3 Å². The van der Waals surface area contributed by atoms with Gasteiger partial charge in [-0.05, 0) is 69.3 Å². The van der Waals surface area contributed by atoms with Gasteiger partial charge in [0.1, 0.15) is 5.75 Å². The Morgan fingerprint density at radius 1 is 1.20 bits per heavy atom. The van der Waals surface area contributed by atoms with Crippen LogP contribution < -0.4 is 10.1 Å². The Labute approximate surface area is 120 Å². The summed E-state index contributed by atoms with van der Waals surface area (Å²) in [6.45, 7) is 7.59. The molecule has 0 saturated carbocycles. The SMILES string of the molecule is CC(C)Oc1ccc2cn(CC3CCNCC3)cc2c1. The molecule has 3 rings (SSSR count). The van der Waals surface area contributed by atoms with Gasteiger partial charge in [-0.25, -0.2) is 0 Å². The van der Waals surface area contributed by atoms with Crippen molar-refractivity contribution in [1.82, 2.24) is 9.88 Å². The smallest absolute Gasteiger partial charge is 0.120 e. The van der Waals surface area contributed by atoms with Gasteiger partial charge in [0.25, 0.3) is 0 Å². The third kappa shape index (κ3) is 3.15. The van der Waals surface area contributed by atoms with Crippen LogP contribution in [-0.2, 0) is 6.54 Å². The number of nitrogens with zero attached hydrogens (tertiary/aromatic N) is 1. The molecule has 1 saturated heterocycles. The molecule has 1 aliphatic rings. The summed E-state index contributed by atoms with van der Waals surface area (Å²) in [7, 11) is 0. The van der Waals surface area contributed by atoms with Gasteiger partial charge in [-0.3, -0.25) is 0 Å². The van der Waals surface area contributed by atoms with Crippen molar-refractivity contribution >= 4 is 10.8 Å². The lowest BCUT2D eigenvalue weighted by atomic mass is 9.98. The van der Waals surface area contributed by atoms with Crippen molar-refractivity contribution in [3.8, 4) is 5.75 Å². The van der Waals surface area contributed by atoms with Crippen LogP contribution in [0.4, 0.5) is 0 Å². The van der Waals surface area contributed by atoms with Gasteiger partial charge in [0.2, 0.25) is 0 Å². The molecule has 1 fully saturated rings. The molecule has 0 unspecified atom stereocenters. The van der Waals surface area contributed by atoms with Gasteiger partial charge in [-0.2, -0.15) is 0 Å². The summed E-state index contributed by atoms with van der Waals surface area (Å²) in [6.07, 6.45) is 7.32. The highest BCUT2D eigenvalue weighted by Crippen LogP contribution is 2.24.